The third kappa shape index (κ3) is 3.65. The van der Waals surface area contributed by atoms with Gasteiger partial charge in [-0.25, -0.2) is 4.79 Å². The summed E-state index contributed by atoms with van der Waals surface area (Å²) in [6, 6.07) is 6.62. The fourth-order valence-electron chi connectivity index (χ4n) is 7.26. The van der Waals surface area contributed by atoms with Gasteiger partial charge in [-0.05, 0) is 79.9 Å². The van der Waals surface area contributed by atoms with Gasteiger partial charge in [-0.3, -0.25) is 4.79 Å². The zero-order valence-corrected chi connectivity index (χ0v) is 23.7. The second-order valence-corrected chi connectivity index (χ2v) is 12.7. The Bertz CT molecular complexity index is 1210. The normalized spacial score (nSPS) is 39.1. The first-order valence-corrected chi connectivity index (χ1v) is 13.5. The number of methoxy groups -OCH3 is 1. The van der Waals surface area contributed by atoms with Crippen LogP contribution in [-0.4, -0.2) is 54.2 Å². The molecule has 1 aromatic carbocycles. The SMILES string of the molecule is COc1ccc(C(=O)O[C@H]2C(C)=C[C@]34C(=O)[C@@H](C=C5COC(C)(C)O[C@H]5[C@]23O)C(C)(C)[C@@H](C)C[C@H]4C)cc1. The number of esters is 1. The monoisotopic (exact) mass is 524 g/mol. The largest absolute Gasteiger partial charge is 0.497 e. The fourth-order valence-corrected chi connectivity index (χ4v) is 7.26. The Morgan fingerprint density at radius 1 is 1.08 bits per heavy atom. The maximum atomic E-state index is 14.8. The Kier molecular flexibility index (Phi) is 6.25. The average molecular weight is 525 g/mol. The van der Waals surface area contributed by atoms with E-state index in [-0.39, 0.29) is 29.6 Å². The van der Waals surface area contributed by atoms with Crippen molar-refractivity contribution in [2.45, 2.75) is 78.5 Å². The lowest BCUT2D eigenvalue weighted by Crippen LogP contribution is -2.68. The molecule has 4 aliphatic rings. The predicted octanol–water partition coefficient (Wildman–Crippen LogP) is 4.88. The Hall–Kier alpha value is -2.48. The molecular weight excluding hydrogens is 484 g/mol. The number of fused-ring (bicyclic) bond motifs is 3. The molecule has 2 fully saturated rings. The van der Waals surface area contributed by atoms with Crippen molar-refractivity contribution in [3.8, 4) is 5.75 Å². The van der Waals surface area contributed by atoms with E-state index in [9.17, 15) is 14.7 Å². The first kappa shape index (κ1) is 27.1. The molecule has 1 aromatic rings. The van der Waals surface area contributed by atoms with Gasteiger partial charge in [0.05, 0.1) is 24.7 Å². The molecule has 7 nitrogen and oxygen atoms in total. The lowest BCUT2D eigenvalue weighted by Gasteiger charge is -2.52. The minimum atomic E-state index is -1.85. The zero-order chi connectivity index (χ0) is 27.8. The van der Waals surface area contributed by atoms with Crippen LogP contribution in [-0.2, 0) is 19.0 Å². The topological polar surface area (TPSA) is 91.3 Å². The molecule has 1 heterocycles. The number of rotatable bonds is 3. The predicted molar refractivity (Wildman–Crippen MR) is 142 cm³/mol. The molecule has 1 saturated heterocycles. The molecule has 0 unspecified atom stereocenters. The minimum Gasteiger partial charge on any atom is -0.497 e. The molecule has 3 aliphatic carbocycles. The minimum absolute atomic E-state index is 0.0486. The third-order valence-electron chi connectivity index (χ3n) is 9.83. The van der Waals surface area contributed by atoms with Crippen LogP contribution in [0, 0.1) is 28.6 Å². The van der Waals surface area contributed by atoms with Crippen LogP contribution in [0.15, 0.2) is 47.6 Å². The van der Waals surface area contributed by atoms with E-state index in [4.69, 9.17) is 18.9 Å². The van der Waals surface area contributed by atoms with Gasteiger partial charge in [0.1, 0.15) is 11.9 Å². The van der Waals surface area contributed by atoms with E-state index in [1.165, 1.54) is 0 Å². The second-order valence-electron chi connectivity index (χ2n) is 12.7. The quantitative estimate of drug-likeness (QED) is 0.445. The summed E-state index contributed by atoms with van der Waals surface area (Å²) in [5.41, 5.74) is -1.81. The van der Waals surface area contributed by atoms with Crippen LogP contribution >= 0.6 is 0 Å². The second kappa shape index (κ2) is 8.77. The molecule has 7 atom stereocenters. The third-order valence-corrected chi connectivity index (χ3v) is 9.83. The van der Waals surface area contributed by atoms with Crippen molar-refractivity contribution in [1.82, 2.24) is 0 Å². The van der Waals surface area contributed by atoms with Crippen molar-refractivity contribution in [1.29, 1.82) is 0 Å². The van der Waals surface area contributed by atoms with Crippen molar-refractivity contribution in [2.75, 3.05) is 13.7 Å². The molecule has 0 aromatic heterocycles. The molecule has 7 heteroatoms. The lowest BCUT2D eigenvalue weighted by molar-refractivity contribution is -0.302. The Labute approximate surface area is 225 Å². The van der Waals surface area contributed by atoms with E-state index < -0.39 is 40.9 Å². The summed E-state index contributed by atoms with van der Waals surface area (Å²) in [5.74, 6) is -1.48. The van der Waals surface area contributed by atoms with E-state index in [1.807, 2.05) is 26.0 Å². The Balaban J connectivity index is 1.68. The number of allylic oxidation sites excluding steroid dienone is 1. The molecule has 0 radical (unpaired) electrons. The fraction of sp³-hybridized carbons (Fsp3) is 0.613. The van der Waals surface area contributed by atoms with E-state index in [0.717, 1.165) is 12.0 Å². The van der Waals surface area contributed by atoms with Crippen molar-refractivity contribution in [2.24, 2.45) is 28.6 Å². The molecule has 1 aliphatic heterocycles. The van der Waals surface area contributed by atoms with Gasteiger partial charge >= 0.3 is 5.97 Å². The Morgan fingerprint density at radius 3 is 2.37 bits per heavy atom. The number of ketones is 1. The number of Topliss-reactive ketones (excluding diaryl/α,β-unsaturated/α-hetero) is 1. The van der Waals surface area contributed by atoms with Crippen molar-refractivity contribution in [3.63, 3.8) is 0 Å². The molecule has 2 bridgehead atoms. The lowest BCUT2D eigenvalue weighted by atomic mass is 9.59. The van der Waals surface area contributed by atoms with Crippen LogP contribution in [0.4, 0.5) is 0 Å². The van der Waals surface area contributed by atoms with E-state index in [2.05, 4.69) is 20.8 Å². The summed E-state index contributed by atoms with van der Waals surface area (Å²) >= 11 is 0. The summed E-state index contributed by atoms with van der Waals surface area (Å²) in [5, 5.41) is 13.1. The smallest absolute Gasteiger partial charge is 0.338 e. The van der Waals surface area contributed by atoms with Crippen LogP contribution in [0.1, 0.15) is 65.2 Å². The molecule has 1 N–H and O–H groups in total. The van der Waals surface area contributed by atoms with Crippen LogP contribution in [0.3, 0.4) is 0 Å². The number of hydrogen-bond acceptors (Lipinski definition) is 7. The molecule has 1 spiro atoms. The number of hydrogen-bond donors (Lipinski definition) is 1. The summed E-state index contributed by atoms with van der Waals surface area (Å²) in [4.78, 5) is 28.2. The van der Waals surface area contributed by atoms with E-state index in [0.29, 0.717) is 16.9 Å². The van der Waals surface area contributed by atoms with Gasteiger partial charge in [-0.1, -0.05) is 39.8 Å². The van der Waals surface area contributed by atoms with Gasteiger partial charge in [-0.2, -0.15) is 0 Å². The summed E-state index contributed by atoms with van der Waals surface area (Å²) < 4.78 is 23.8. The zero-order valence-electron chi connectivity index (χ0n) is 23.7. The van der Waals surface area contributed by atoms with Gasteiger partial charge in [0.25, 0.3) is 0 Å². The maximum absolute atomic E-state index is 14.8. The molecule has 0 amide bonds. The van der Waals surface area contributed by atoms with Crippen molar-refractivity contribution >= 4 is 11.8 Å². The average Bonchev–Trinajstić information content (AvgIpc) is 3.02. The summed E-state index contributed by atoms with van der Waals surface area (Å²) in [6.45, 7) is 14.1. The number of ether oxygens (including phenoxy) is 4. The summed E-state index contributed by atoms with van der Waals surface area (Å²) in [7, 11) is 1.56. The number of aliphatic hydroxyl groups is 1. The van der Waals surface area contributed by atoms with Gasteiger partial charge in [-0.15, -0.1) is 0 Å². The highest BCUT2D eigenvalue weighted by Crippen LogP contribution is 2.63. The molecule has 206 valence electrons. The van der Waals surface area contributed by atoms with Crippen molar-refractivity contribution < 1.29 is 33.6 Å². The summed E-state index contributed by atoms with van der Waals surface area (Å²) in [6.07, 6.45) is 2.61. The number of carbonyl (C=O) groups excluding carboxylic acids is 2. The molecule has 38 heavy (non-hydrogen) atoms. The van der Waals surface area contributed by atoms with Gasteiger partial charge in [0.2, 0.25) is 0 Å². The standard InChI is InChI=1S/C31H40O7/c1-17-15-30-19(3)13-18(2)28(4,5)23(24(30)32)14-21-16-36-29(6,7)38-26(21)31(30,34)25(17)37-27(33)20-9-11-22(35-8)12-10-20/h9-12,14-15,18-19,23,25-26,34H,13,16H2,1-8H3/t18-,19+,23+,25-,26+,30-,31+/m0/s1. The van der Waals surface area contributed by atoms with E-state index >= 15 is 0 Å². The molecule has 1 saturated carbocycles. The highest BCUT2D eigenvalue weighted by molar-refractivity contribution is 5.96. The highest BCUT2D eigenvalue weighted by Gasteiger charge is 2.74. The molecular formula is C31H40O7. The van der Waals surface area contributed by atoms with Gasteiger partial charge in [0, 0.05) is 5.92 Å². The van der Waals surface area contributed by atoms with Crippen molar-refractivity contribution in [3.05, 3.63) is 53.1 Å². The highest BCUT2D eigenvalue weighted by atomic mass is 16.7. The van der Waals surface area contributed by atoms with Crippen LogP contribution in [0.2, 0.25) is 0 Å². The maximum Gasteiger partial charge on any atom is 0.338 e. The van der Waals surface area contributed by atoms with Crippen LogP contribution < -0.4 is 4.74 Å². The van der Waals surface area contributed by atoms with Gasteiger partial charge < -0.3 is 24.1 Å². The number of carbonyl (C=O) groups is 2. The number of benzene rings is 1. The Morgan fingerprint density at radius 2 is 1.74 bits per heavy atom. The molecule has 5 rings (SSSR count). The van der Waals surface area contributed by atoms with E-state index in [1.54, 1.807) is 45.2 Å². The van der Waals surface area contributed by atoms with Crippen LogP contribution in [0.25, 0.3) is 0 Å². The van der Waals surface area contributed by atoms with Crippen LogP contribution in [0.5, 0.6) is 5.75 Å². The first-order chi connectivity index (χ1) is 17.7. The van der Waals surface area contributed by atoms with Gasteiger partial charge in [0.15, 0.2) is 23.3 Å². The first-order valence-electron chi connectivity index (χ1n) is 13.5.